The molecule has 0 aromatic heterocycles. The third-order valence-corrected chi connectivity index (χ3v) is 3.15. The standard InChI is InChI=1S/C12H21NO/c1-2-3-8-13-9-11-6-4-5-7-12(11)10-14/h1,11-14H,3-10H2. The smallest absolute Gasteiger partial charge is 0.0462 e. The van der Waals surface area contributed by atoms with Gasteiger partial charge >= 0.3 is 0 Å². The zero-order valence-corrected chi connectivity index (χ0v) is 8.84. The highest BCUT2D eigenvalue weighted by molar-refractivity contribution is 4.84. The van der Waals surface area contributed by atoms with Gasteiger partial charge in [0, 0.05) is 19.6 Å². The van der Waals surface area contributed by atoms with Crippen LogP contribution in [-0.4, -0.2) is 24.8 Å². The zero-order valence-electron chi connectivity index (χ0n) is 8.84. The van der Waals surface area contributed by atoms with Gasteiger partial charge in [-0.1, -0.05) is 12.8 Å². The molecule has 1 rings (SSSR count). The molecule has 80 valence electrons. The number of hydrogen-bond donors (Lipinski definition) is 2. The molecule has 0 radical (unpaired) electrons. The Balaban J connectivity index is 2.17. The predicted molar refractivity (Wildman–Crippen MR) is 58.9 cm³/mol. The third-order valence-electron chi connectivity index (χ3n) is 3.15. The van der Waals surface area contributed by atoms with E-state index in [-0.39, 0.29) is 0 Å². The van der Waals surface area contributed by atoms with Crippen LogP contribution in [0.2, 0.25) is 0 Å². The summed E-state index contributed by atoms with van der Waals surface area (Å²) in [6.45, 7) is 2.28. The van der Waals surface area contributed by atoms with Gasteiger partial charge < -0.3 is 10.4 Å². The fourth-order valence-electron chi connectivity index (χ4n) is 2.24. The van der Waals surface area contributed by atoms with Crippen molar-refractivity contribution in [3.8, 4) is 12.3 Å². The predicted octanol–water partition coefficient (Wildman–Crippen LogP) is 1.40. The molecule has 2 atom stereocenters. The summed E-state index contributed by atoms with van der Waals surface area (Å²) in [7, 11) is 0. The van der Waals surface area contributed by atoms with Gasteiger partial charge in [0.1, 0.15) is 0 Å². The van der Waals surface area contributed by atoms with Gasteiger partial charge in [-0.15, -0.1) is 12.3 Å². The Hall–Kier alpha value is -0.520. The molecule has 0 aliphatic heterocycles. The molecular weight excluding hydrogens is 174 g/mol. The first-order valence-corrected chi connectivity index (χ1v) is 5.63. The lowest BCUT2D eigenvalue weighted by molar-refractivity contribution is 0.133. The van der Waals surface area contributed by atoms with Crippen LogP contribution in [0.15, 0.2) is 0 Å². The summed E-state index contributed by atoms with van der Waals surface area (Å²) >= 11 is 0. The second-order valence-corrected chi connectivity index (χ2v) is 4.15. The maximum absolute atomic E-state index is 9.20. The molecule has 0 spiro atoms. The average Bonchev–Trinajstić information content (AvgIpc) is 2.25. The molecule has 1 fully saturated rings. The van der Waals surface area contributed by atoms with Crippen molar-refractivity contribution in [3.05, 3.63) is 0 Å². The summed E-state index contributed by atoms with van der Waals surface area (Å²) in [6.07, 6.45) is 11.0. The van der Waals surface area contributed by atoms with E-state index in [1.54, 1.807) is 0 Å². The molecule has 2 nitrogen and oxygen atoms in total. The molecular formula is C12H21NO. The van der Waals surface area contributed by atoms with E-state index in [4.69, 9.17) is 6.42 Å². The van der Waals surface area contributed by atoms with Crippen LogP contribution < -0.4 is 5.32 Å². The molecule has 1 saturated carbocycles. The van der Waals surface area contributed by atoms with E-state index >= 15 is 0 Å². The molecule has 0 aromatic carbocycles. The molecule has 2 N–H and O–H groups in total. The molecule has 0 saturated heterocycles. The minimum atomic E-state index is 0.349. The second-order valence-electron chi connectivity index (χ2n) is 4.15. The molecule has 1 aliphatic carbocycles. The van der Waals surface area contributed by atoms with Gasteiger partial charge in [0.2, 0.25) is 0 Å². The van der Waals surface area contributed by atoms with Crippen LogP contribution in [-0.2, 0) is 0 Å². The maximum atomic E-state index is 9.20. The highest BCUT2D eigenvalue weighted by Crippen LogP contribution is 2.28. The number of aliphatic hydroxyl groups excluding tert-OH is 1. The molecule has 14 heavy (non-hydrogen) atoms. The Kier molecular flexibility index (Phi) is 5.66. The van der Waals surface area contributed by atoms with E-state index in [9.17, 15) is 5.11 Å². The van der Waals surface area contributed by atoms with Crippen molar-refractivity contribution in [2.24, 2.45) is 11.8 Å². The molecule has 0 bridgehead atoms. The number of nitrogens with one attached hydrogen (secondary N) is 1. The van der Waals surface area contributed by atoms with Crippen LogP contribution in [0.1, 0.15) is 32.1 Å². The average molecular weight is 195 g/mol. The van der Waals surface area contributed by atoms with Crippen LogP contribution in [0.25, 0.3) is 0 Å². The Labute approximate surface area is 87.1 Å². The minimum absolute atomic E-state index is 0.349. The van der Waals surface area contributed by atoms with Crippen LogP contribution in [0, 0.1) is 24.2 Å². The van der Waals surface area contributed by atoms with Gasteiger partial charge in [0.05, 0.1) is 0 Å². The molecule has 2 heteroatoms. The lowest BCUT2D eigenvalue weighted by Crippen LogP contribution is -2.32. The highest BCUT2D eigenvalue weighted by atomic mass is 16.3. The van der Waals surface area contributed by atoms with E-state index in [2.05, 4.69) is 11.2 Å². The summed E-state index contributed by atoms with van der Waals surface area (Å²) in [5.41, 5.74) is 0. The number of hydrogen-bond acceptors (Lipinski definition) is 2. The summed E-state index contributed by atoms with van der Waals surface area (Å²) in [5, 5.41) is 12.6. The molecule has 0 amide bonds. The van der Waals surface area contributed by atoms with Gasteiger partial charge in [-0.2, -0.15) is 0 Å². The summed E-state index contributed by atoms with van der Waals surface area (Å²) < 4.78 is 0. The van der Waals surface area contributed by atoms with Gasteiger partial charge in [-0.25, -0.2) is 0 Å². The first kappa shape index (κ1) is 11.6. The third kappa shape index (κ3) is 3.69. The molecule has 2 unspecified atom stereocenters. The Morgan fingerprint density at radius 3 is 2.64 bits per heavy atom. The van der Waals surface area contributed by atoms with Crippen molar-refractivity contribution < 1.29 is 5.11 Å². The molecule has 0 aromatic rings. The Morgan fingerprint density at radius 2 is 2.00 bits per heavy atom. The van der Waals surface area contributed by atoms with Gasteiger partial charge in [0.15, 0.2) is 0 Å². The van der Waals surface area contributed by atoms with Crippen molar-refractivity contribution in [1.29, 1.82) is 0 Å². The van der Waals surface area contributed by atoms with E-state index in [0.29, 0.717) is 18.4 Å². The first-order chi connectivity index (χ1) is 6.88. The van der Waals surface area contributed by atoms with Crippen LogP contribution in [0.5, 0.6) is 0 Å². The van der Waals surface area contributed by atoms with E-state index < -0.39 is 0 Å². The van der Waals surface area contributed by atoms with E-state index in [1.165, 1.54) is 25.7 Å². The summed E-state index contributed by atoms with van der Waals surface area (Å²) in [4.78, 5) is 0. The Morgan fingerprint density at radius 1 is 1.29 bits per heavy atom. The lowest BCUT2D eigenvalue weighted by atomic mass is 9.79. The number of aliphatic hydroxyl groups is 1. The quantitative estimate of drug-likeness (QED) is 0.513. The van der Waals surface area contributed by atoms with Crippen LogP contribution in [0.3, 0.4) is 0 Å². The monoisotopic (exact) mass is 195 g/mol. The van der Waals surface area contributed by atoms with Crippen LogP contribution in [0.4, 0.5) is 0 Å². The zero-order chi connectivity index (χ0) is 10.2. The summed E-state index contributed by atoms with van der Waals surface area (Å²) in [6, 6.07) is 0. The van der Waals surface area contributed by atoms with Gasteiger partial charge in [-0.3, -0.25) is 0 Å². The van der Waals surface area contributed by atoms with Crippen molar-refractivity contribution >= 4 is 0 Å². The van der Waals surface area contributed by atoms with Crippen LogP contribution >= 0.6 is 0 Å². The van der Waals surface area contributed by atoms with Crippen molar-refractivity contribution in [2.75, 3.05) is 19.7 Å². The Bertz CT molecular complexity index is 185. The SMILES string of the molecule is C#CCCNCC1CCCCC1CO. The van der Waals surface area contributed by atoms with Crippen molar-refractivity contribution in [3.63, 3.8) is 0 Å². The highest BCUT2D eigenvalue weighted by Gasteiger charge is 2.23. The van der Waals surface area contributed by atoms with Crippen molar-refractivity contribution in [1.82, 2.24) is 5.32 Å². The maximum Gasteiger partial charge on any atom is 0.0462 e. The van der Waals surface area contributed by atoms with E-state index in [1.807, 2.05) is 0 Å². The first-order valence-electron chi connectivity index (χ1n) is 5.63. The second kappa shape index (κ2) is 6.86. The minimum Gasteiger partial charge on any atom is -0.396 e. The van der Waals surface area contributed by atoms with Gasteiger partial charge in [0.25, 0.3) is 0 Å². The fraction of sp³-hybridized carbons (Fsp3) is 0.833. The topological polar surface area (TPSA) is 32.3 Å². The van der Waals surface area contributed by atoms with Gasteiger partial charge in [-0.05, 0) is 31.2 Å². The van der Waals surface area contributed by atoms with E-state index in [0.717, 1.165) is 19.5 Å². The van der Waals surface area contributed by atoms with Crippen molar-refractivity contribution in [2.45, 2.75) is 32.1 Å². The number of terminal acetylenes is 1. The fourth-order valence-corrected chi connectivity index (χ4v) is 2.24. The largest absolute Gasteiger partial charge is 0.396 e. The number of rotatable bonds is 5. The molecule has 1 aliphatic rings. The lowest BCUT2D eigenvalue weighted by Gasteiger charge is -2.30. The molecule has 0 heterocycles. The summed E-state index contributed by atoms with van der Waals surface area (Å²) in [5.74, 6) is 3.79. The normalized spacial score (nSPS) is 27.1.